The second-order valence-corrected chi connectivity index (χ2v) is 4.52. The highest BCUT2D eigenvalue weighted by atomic mass is 16.4. The summed E-state index contributed by atoms with van der Waals surface area (Å²) in [6.07, 6.45) is 0.544. The average Bonchev–Trinajstić information content (AvgIpc) is 2.87. The minimum Gasteiger partial charge on any atom is -0.465 e. The number of hydrogen-bond acceptors (Lipinski definition) is 6. The number of amides is 1. The third-order valence-electron chi connectivity index (χ3n) is 3.05. The van der Waals surface area contributed by atoms with Gasteiger partial charge in [-0.05, 0) is 0 Å². The molecule has 0 fully saturated rings. The molecule has 0 aliphatic heterocycles. The first-order valence-corrected chi connectivity index (χ1v) is 6.42. The van der Waals surface area contributed by atoms with Gasteiger partial charge in [-0.15, -0.1) is 0 Å². The summed E-state index contributed by atoms with van der Waals surface area (Å²) in [7, 11) is 1.60. The van der Waals surface area contributed by atoms with Crippen LogP contribution in [-0.2, 0) is 6.42 Å². The van der Waals surface area contributed by atoms with Crippen LogP contribution in [0.2, 0.25) is 0 Å². The number of ketones is 2. The van der Waals surface area contributed by atoms with Crippen LogP contribution in [0.15, 0.2) is 16.2 Å². The summed E-state index contributed by atoms with van der Waals surface area (Å²) in [5, 5.41) is 10.7. The minimum absolute atomic E-state index is 0.0395. The first kappa shape index (κ1) is 14.8. The van der Waals surface area contributed by atoms with E-state index in [1.165, 1.54) is 11.0 Å². The van der Waals surface area contributed by atoms with Crippen molar-refractivity contribution >= 4 is 17.7 Å². The highest BCUT2D eigenvalue weighted by Crippen LogP contribution is 2.23. The maximum Gasteiger partial charge on any atom is 0.404 e. The molecule has 1 aliphatic carbocycles. The molecule has 8 heteroatoms. The number of carbonyl (C=O) groups excluding carboxylic acids is 2. The van der Waals surface area contributed by atoms with Crippen LogP contribution in [-0.4, -0.2) is 52.8 Å². The number of oxazole rings is 1. The Morgan fingerprint density at radius 1 is 1.48 bits per heavy atom. The molecular weight excluding hydrogens is 278 g/mol. The largest absolute Gasteiger partial charge is 0.465 e. The van der Waals surface area contributed by atoms with Crippen molar-refractivity contribution in [3.63, 3.8) is 0 Å². The van der Waals surface area contributed by atoms with Crippen LogP contribution >= 0.6 is 0 Å². The number of fused-ring (bicyclic) bond motifs is 1. The number of likely N-dealkylation sites (N-methyl/N-ethyl adjacent to an activating group) is 1. The van der Waals surface area contributed by atoms with Crippen molar-refractivity contribution in [2.75, 3.05) is 20.1 Å². The summed E-state index contributed by atoms with van der Waals surface area (Å²) >= 11 is 0. The zero-order chi connectivity index (χ0) is 15.6. The number of aromatic nitrogens is 1. The first-order chi connectivity index (χ1) is 9.93. The fraction of sp³-hybridized carbons (Fsp3) is 0.385. The number of allylic oxidation sites excluding steroid dienone is 2. The van der Waals surface area contributed by atoms with Gasteiger partial charge in [0.05, 0.1) is 5.70 Å². The van der Waals surface area contributed by atoms with Gasteiger partial charge in [0.25, 0.3) is 0 Å². The van der Waals surface area contributed by atoms with Crippen LogP contribution in [0.3, 0.4) is 0 Å². The number of nitrogens with one attached hydrogen (secondary N) is 1. The maximum absolute atomic E-state index is 12.3. The monoisotopic (exact) mass is 293 g/mol. The molecule has 8 nitrogen and oxygen atoms in total. The summed E-state index contributed by atoms with van der Waals surface area (Å²) in [4.78, 5) is 40.1. The van der Waals surface area contributed by atoms with Crippen molar-refractivity contribution < 1.29 is 23.9 Å². The van der Waals surface area contributed by atoms with E-state index in [1.54, 1.807) is 7.05 Å². The van der Waals surface area contributed by atoms with E-state index >= 15 is 0 Å². The van der Waals surface area contributed by atoms with E-state index < -0.39 is 11.9 Å². The van der Waals surface area contributed by atoms with Gasteiger partial charge in [0.2, 0.25) is 17.3 Å². The predicted molar refractivity (Wildman–Crippen MR) is 71.3 cm³/mol. The van der Waals surface area contributed by atoms with Crippen molar-refractivity contribution in [3.8, 4) is 0 Å². The van der Waals surface area contributed by atoms with Crippen molar-refractivity contribution in [1.29, 1.82) is 0 Å². The topological polar surface area (TPSA) is 113 Å². The normalized spacial score (nSPS) is 13.7. The van der Waals surface area contributed by atoms with Crippen molar-refractivity contribution in [2.24, 2.45) is 0 Å². The Morgan fingerprint density at radius 2 is 2.19 bits per heavy atom. The molecule has 21 heavy (non-hydrogen) atoms. The highest BCUT2D eigenvalue weighted by molar-refractivity contribution is 6.22. The van der Waals surface area contributed by atoms with E-state index in [0.29, 0.717) is 12.3 Å². The number of aryl methyl sites for hydroxylation is 1. The highest BCUT2D eigenvalue weighted by Gasteiger charge is 2.33. The van der Waals surface area contributed by atoms with Gasteiger partial charge in [0.15, 0.2) is 11.6 Å². The molecule has 1 aromatic heterocycles. The Labute approximate surface area is 120 Å². The summed E-state index contributed by atoms with van der Waals surface area (Å²) in [6.45, 7) is 2.19. The summed E-state index contributed by atoms with van der Waals surface area (Å²) < 4.78 is 5.30. The Morgan fingerprint density at radius 3 is 2.81 bits per heavy atom. The van der Waals surface area contributed by atoms with E-state index in [-0.39, 0.29) is 36.0 Å². The minimum atomic E-state index is -1.14. The van der Waals surface area contributed by atoms with Crippen LogP contribution in [0.4, 0.5) is 4.79 Å². The summed E-state index contributed by atoms with van der Waals surface area (Å²) in [5.41, 5.74) is 0.205. The lowest BCUT2D eigenvalue weighted by molar-refractivity contribution is 0.0933. The molecule has 0 atom stereocenters. The Bertz CT molecular complexity index is 632. The molecule has 0 unspecified atom stereocenters. The second kappa shape index (κ2) is 5.78. The van der Waals surface area contributed by atoms with Gasteiger partial charge in [-0.3, -0.25) is 9.59 Å². The van der Waals surface area contributed by atoms with E-state index in [2.05, 4.69) is 10.3 Å². The lowest BCUT2D eigenvalue weighted by atomic mass is 10.0. The van der Waals surface area contributed by atoms with Gasteiger partial charge in [0.1, 0.15) is 0 Å². The van der Waals surface area contributed by atoms with Crippen LogP contribution in [0, 0.1) is 0 Å². The van der Waals surface area contributed by atoms with Gasteiger partial charge in [-0.25, -0.2) is 9.78 Å². The van der Waals surface area contributed by atoms with Crippen molar-refractivity contribution in [3.05, 3.63) is 29.1 Å². The standard InChI is InChI=1S/C13H15N3O5/c1-3-9-15-10-8(17)6-7(11(18)12(10)21-9)16(2)5-4-14-13(19)20/h6,14H,3-5H2,1-2H3,(H,19,20). The number of carbonyl (C=O) groups is 3. The molecule has 2 N–H and O–H groups in total. The van der Waals surface area contributed by atoms with E-state index in [1.807, 2.05) is 6.92 Å². The summed E-state index contributed by atoms with van der Waals surface area (Å²) in [5.74, 6) is -0.519. The SMILES string of the molecule is CCc1nc2c(o1)C(=O)C(N(C)CCNC(=O)O)=CC2=O. The smallest absolute Gasteiger partial charge is 0.404 e. The van der Waals surface area contributed by atoms with Crippen molar-refractivity contribution in [1.82, 2.24) is 15.2 Å². The van der Waals surface area contributed by atoms with Gasteiger partial charge in [-0.1, -0.05) is 6.92 Å². The molecule has 0 saturated carbocycles. The molecule has 0 saturated heterocycles. The van der Waals surface area contributed by atoms with Gasteiger partial charge in [0, 0.05) is 32.6 Å². The fourth-order valence-electron chi connectivity index (χ4n) is 1.95. The number of carboxylic acid groups (broad SMARTS) is 1. The molecule has 0 bridgehead atoms. The van der Waals surface area contributed by atoms with E-state index in [9.17, 15) is 14.4 Å². The number of Topliss-reactive ketones (excluding diaryl/α,β-unsaturated/α-hetero) is 1. The summed E-state index contributed by atoms with van der Waals surface area (Å²) in [6, 6.07) is 0. The van der Waals surface area contributed by atoms with Gasteiger partial charge < -0.3 is 19.7 Å². The third-order valence-corrected chi connectivity index (χ3v) is 3.05. The Balaban J connectivity index is 2.16. The number of rotatable bonds is 5. The Kier molecular flexibility index (Phi) is 4.06. The van der Waals surface area contributed by atoms with Crippen LogP contribution < -0.4 is 5.32 Å². The molecule has 0 radical (unpaired) electrons. The van der Waals surface area contributed by atoms with E-state index in [4.69, 9.17) is 9.52 Å². The van der Waals surface area contributed by atoms with E-state index in [0.717, 1.165) is 0 Å². The molecule has 112 valence electrons. The molecular formula is C13H15N3O5. The molecule has 0 spiro atoms. The van der Waals surface area contributed by atoms with Gasteiger partial charge in [-0.2, -0.15) is 0 Å². The van der Waals surface area contributed by atoms with Crippen LogP contribution in [0.5, 0.6) is 0 Å². The van der Waals surface area contributed by atoms with Crippen molar-refractivity contribution in [2.45, 2.75) is 13.3 Å². The molecule has 0 aromatic carbocycles. The lowest BCUT2D eigenvalue weighted by Gasteiger charge is -2.22. The number of hydrogen-bond donors (Lipinski definition) is 2. The average molecular weight is 293 g/mol. The van der Waals surface area contributed by atoms with Gasteiger partial charge >= 0.3 is 6.09 Å². The second-order valence-electron chi connectivity index (χ2n) is 4.52. The third kappa shape index (κ3) is 2.93. The lowest BCUT2D eigenvalue weighted by Crippen LogP contribution is -2.35. The molecule has 1 heterocycles. The predicted octanol–water partition coefficient (Wildman–Crippen LogP) is 0.699. The fourth-order valence-corrected chi connectivity index (χ4v) is 1.95. The Hall–Kier alpha value is -2.64. The number of nitrogens with zero attached hydrogens (tertiary/aromatic N) is 2. The maximum atomic E-state index is 12.3. The quantitative estimate of drug-likeness (QED) is 0.821. The zero-order valence-electron chi connectivity index (χ0n) is 11.7. The molecule has 1 amide bonds. The molecule has 1 aliphatic rings. The first-order valence-electron chi connectivity index (χ1n) is 6.42. The molecule has 2 rings (SSSR count). The van der Waals surface area contributed by atoms with Crippen LogP contribution in [0.1, 0.15) is 33.9 Å². The molecule has 1 aromatic rings. The zero-order valence-corrected chi connectivity index (χ0v) is 11.7. The van der Waals surface area contributed by atoms with Crippen LogP contribution in [0.25, 0.3) is 0 Å².